The molecule has 0 unspecified atom stereocenters. The highest BCUT2D eigenvalue weighted by Gasteiger charge is 2.17. The van der Waals surface area contributed by atoms with Gasteiger partial charge in [-0.25, -0.2) is 0 Å². The maximum Gasteiger partial charge on any atom is 0.314 e. The standard InChI is InChI=1S/C16H10BrF2N7O/c17-12-5-11(6-20-7-12)14-21-25-26(24-14)8-9-1-3-10(4-2-9)15-22-23-16(27-15)13(18)19/h1-7,13H,8H2. The van der Waals surface area contributed by atoms with E-state index in [9.17, 15) is 8.78 Å². The highest BCUT2D eigenvalue weighted by Crippen LogP contribution is 2.23. The summed E-state index contributed by atoms with van der Waals surface area (Å²) >= 11 is 3.35. The van der Waals surface area contributed by atoms with Gasteiger partial charge in [-0.2, -0.15) is 13.6 Å². The number of nitrogens with zero attached hydrogens (tertiary/aromatic N) is 7. The molecule has 3 heterocycles. The first-order chi connectivity index (χ1) is 13.1. The molecule has 27 heavy (non-hydrogen) atoms. The van der Waals surface area contributed by atoms with E-state index in [0.717, 1.165) is 15.6 Å². The van der Waals surface area contributed by atoms with Crippen molar-refractivity contribution in [3.8, 4) is 22.8 Å². The SMILES string of the molecule is FC(F)c1nnc(-c2ccc(Cn3nnc(-c4cncc(Br)c4)n3)cc2)o1. The van der Waals surface area contributed by atoms with Crippen molar-refractivity contribution in [2.45, 2.75) is 13.0 Å². The van der Waals surface area contributed by atoms with Crippen LogP contribution >= 0.6 is 15.9 Å². The summed E-state index contributed by atoms with van der Waals surface area (Å²) in [6.07, 6.45) is 0.529. The van der Waals surface area contributed by atoms with Gasteiger partial charge in [0, 0.05) is 28.0 Å². The molecule has 4 rings (SSSR count). The van der Waals surface area contributed by atoms with Crippen LogP contribution in [0.5, 0.6) is 0 Å². The second-order valence-corrected chi connectivity index (χ2v) is 6.39. The van der Waals surface area contributed by atoms with Gasteiger partial charge in [0.15, 0.2) is 0 Å². The van der Waals surface area contributed by atoms with Crippen LogP contribution in [0.2, 0.25) is 0 Å². The number of alkyl halides is 2. The summed E-state index contributed by atoms with van der Waals surface area (Å²) in [7, 11) is 0. The molecule has 0 aliphatic rings. The smallest absolute Gasteiger partial charge is 0.314 e. The Hall–Kier alpha value is -3.08. The minimum absolute atomic E-state index is 0.0418. The van der Waals surface area contributed by atoms with Crippen molar-refractivity contribution in [2.24, 2.45) is 0 Å². The maximum atomic E-state index is 12.5. The van der Waals surface area contributed by atoms with Gasteiger partial charge >= 0.3 is 6.43 Å². The van der Waals surface area contributed by atoms with Crippen LogP contribution in [0.4, 0.5) is 8.78 Å². The fraction of sp³-hybridized carbons (Fsp3) is 0.125. The molecule has 0 aliphatic heterocycles. The Morgan fingerprint density at radius 2 is 1.85 bits per heavy atom. The van der Waals surface area contributed by atoms with E-state index in [1.165, 1.54) is 4.80 Å². The summed E-state index contributed by atoms with van der Waals surface area (Å²) < 4.78 is 30.8. The summed E-state index contributed by atoms with van der Waals surface area (Å²) in [5.74, 6) is -0.193. The average Bonchev–Trinajstić information content (AvgIpc) is 3.32. The molecular weight excluding hydrogens is 424 g/mol. The molecular formula is C16H10BrF2N7O. The molecule has 0 saturated carbocycles. The van der Waals surface area contributed by atoms with Gasteiger partial charge < -0.3 is 4.42 Å². The Morgan fingerprint density at radius 3 is 2.56 bits per heavy atom. The van der Waals surface area contributed by atoms with Crippen molar-refractivity contribution >= 4 is 15.9 Å². The third-order valence-corrected chi connectivity index (χ3v) is 4.00. The lowest BCUT2D eigenvalue weighted by Gasteiger charge is -2.01. The normalized spacial score (nSPS) is 11.3. The molecule has 0 spiro atoms. The lowest BCUT2D eigenvalue weighted by molar-refractivity contribution is 0.116. The molecule has 3 aromatic heterocycles. The minimum Gasteiger partial charge on any atom is -0.415 e. The molecule has 0 aliphatic carbocycles. The van der Waals surface area contributed by atoms with Gasteiger partial charge in [0.2, 0.25) is 11.7 Å². The first-order valence-electron chi connectivity index (χ1n) is 7.68. The Bertz CT molecular complexity index is 1060. The van der Waals surface area contributed by atoms with Gasteiger partial charge in [-0.05, 0) is 44.9 Å². The van der Waals surface area contributed by atoms with E-state index in [4.69, 9.17) is 4.42 Å². The fourth-order valence-corrected chi connectivity index (χ4v) is 2.68. The van der Waals surface area contributed by atoms with Gasteiger partial charge in [0.25, 0.3) is 5.89 Å². The second kappa shape index (κ2) is 7.27. The van der Waals surface area contributed by atoms with E-state index < -0.39 is 12.3 Å². The van der Waals surface area contributed by atoms with Gasteiger partial charge in [0.05, 0.1) is 6.54 Å². The van der Waals surface area contributed by atoms with Crippen molar-refractivity contribution < 1.29 is 13.2 Å². The number of hydrogen-bond acceptors (Lipinski definition) is 7. The van der Waals surface area contributed by atoms with Crippen molar-refractivity contribution in [3.05, 3.63) is 58.7 Å². The van der Waals surface area contributed by atoms with E-state index in [-0.39, 0.29) is 5.89 Å². The Labute approximate surface area is 159 Å². The molecule has 11 heteroatoms. The van der Waals surface area contributed by atoms with Crippen molar-refractivity contribution in [1.82, 2.24) is 35.4 Å². The Kier molecular flexibility index (Phi) is 4.67. The number of pyridine rings is 1. The first kappa shape index (κ1) is 17.3. The zero-order chi connectivity index (χ0) is 18.8. The maximum absolute atomic E-state index is 12.5. The van der Waals surface area contributed by atoms with Crippen LogP contribution in [0, 0.1) is 0 Å². The second-order valence-electron chi connectivity index (χ2n) is 5.48. The van der Waals surface area contributed by atoms with Crippen LogP contribution in [-0.2, 0) is 6.54 Å². The average molecular weight is 434 g/mol. The fourth-order valence-electron chi connectivity index (χ4n) is 2.32. The number of halogens is 3. The molecule has 0 bridgehead atoms. The third-order valence-electron chi connectivity index (χ3n) is 3.57. The minimum atomic E-state index is -2.79. The zero-order valence-corrected chi connectivity index (χ0v) is 15.1. The lowest BCUT2D eigenvalue weighted by atomic mass is 10.1. The molecule has 0 radical (unpaired) electrons. The number of rotatable bonds is 5. The van der Waals surface area contributed by atoms with Crippen LogP contribution < -0.4 is 0 Å². The number of benzene rings is 1. The van der Waals surface area contributed by atoms with E-state index in [2.05, 4.69) is 46.5 Å². The van der Waals surface area contributed by atoms with Crippen molar-refractivity contribution in [1.29, 1.82) is 0 Å². The van der Waals surface area contributed by atoms with Gasteiger partial charge in [-0.3, -0.25) is 4.98 Å². The van der Waals surface area contributed by atoms with Gasteiger partial charge in [-0.15, -0.1) is 20.4 Å². The summed E-state index contributed by atoms with van der Waals surface area (Å²) in [5, 5.41) is 19.3. The molecule has 0 atom stereocenters. The first-order valence-corrected chi connectivity index (χ1v) is 8.47. The molecule has 136 valence electrons. The molecule has 0 saturated heterocycles. The summed E-state index contributed by atoms with van der Waals surface area (Å²) in [5.41, 5.74) is 2.19. The third kappa shape index (κ3) is 3.87. The van der Waals surface area contributed by atoms with Gasteiger partial charge in [0.1, 0.15) is 0 Å². The van der Waals surface area contributed by atoms with Crippen LogP contribution in [0.15, 0.2) is 51.6 Å². The van der Waals surface area contributed by atoms with Crippen LogP contribution in [-0.4, -0.2) is 35.4 Å². The van der Waals surface area contributed by atoms with Crippen LogP contribution in [0.1, 0.15) is 17.9 Å². The highest BCUT2D eigenvalue weighted by molar-refractivity contribution is 9.10. The van der Waals surface area contributed by atoms with Crippen molar-refractivity contribution in [2.75, 3.05) is 0 Å². The molecule has 1 aromatic carbocycles. The summed E-state index contributed by atoms with van der Waals surface area (Å²) in [4.78, 5) is 5.53. The van der Waals surface area contributed by atoms with E-state index in [1.54, 1.807) is 36.7 Å². The summed E-state index contributed by atoms with van der Waals surface area (Å²) in [6.45, 7) is 0.390. The highest BCUT2D eigenvalue weighted by atomic mass is 79.9. The summed E-state index contributed by atoms with van der Waals surface area (Å²) in [6, 6.07) is 8.85. The largest absolute Gasteiger partial charge is 0.415 e. The Balaban J connectivity index is 1.49. The van der Waals surface area contributed by atoms with E-state index >= 15 is 0 Å². The topological polar surface area (TPSA) is 95.4 Å². The molecule has 0 fully saturated rings. The number of tetrazole rings is 1. The van der Waals surface area contributed by atoms with Crippen LogP contribution in [0.3, 0.4) is 0 Å². The monoisotopic (exact) mass is 433 g/mol. The molecule has 0 amide bonds. The predicted molar refractivity (Wildman–Crippen MR) is 92.5 cm³/mol. The quantitative estimate of drug-likeness (QED) is 0.474. The number of hydrogen-bond donors (Lipinski definition) is 0. The van der Waals surface area contributed by atoms with Gasteiger partial charge in [-0.1, -0.05) is 12.1 Å². The Morgan fingerprint density at radius 1 is 1.04 bits per heavy atom. The predicted octanol–water partition coefficient (Wildman–Crippen LogP) is 3.53. The molecule has 8 nitrogen and oxygen atoms in total. The molecule has 0 N–H and O–H groups in total. The lowest BCUT2D eigenvalue weighted by Crippen LogP contribution is -2.04. The zero-order valence-electron chi connectivity index (χ0n) is 13.5. The van der Waals surface area contributed by atoms with Crippen LogP contribution in [0.25, 0.3) is 22.8 Å². The van der Waals surface area contributed by atoms with E-state index in [1.807, 2.05) is 6.07 Å². The van der Waals surface area contributed by atoms with Crippen molar-refractivity contribution in [3.63, 3.8) is 0 Å². The number of aromatic nitrogens is 7. The van der Waals surface area contributed by atoms with E-state index in [0.29, 0.717) is 17.9 Å². The molecule has 4 aromatic rings.